The van der Waals surface area contributed by atoms with Crippen molar-refractivity contribution in [2.24, 2.45) is 5.92 Å². The van der Waals surface area contributed by atoms with Gasteiger partial charge in [0.1, 0.15) is 0 Å². The Labute approximate surface area is 128 Å². The molecule has 1 saturated heterocycles. The summed E-state index contributed by atoms with van der Waals surface area (Å²) in [5.74, 6) is 0.410. The molecule has 4 nitrogen and oxygen atoms in total. The van der Waals surface area contributed by atoms with Gasteiger partial charge in [-0.25, -0.2) is 0 Å². The van der Waals surface area contributed by atoms with E-state index in [0.29, 0.717) is 25.6 Å². The van der Waals surface area contributed by atoms with Gasteiger partial charge in [0, 0.05) is 23.2 Å². The lowest BCUT2D eigenvalue weighted by molar-refractivity contribution is -0.121. The van der Waals surface area contributed by atoms with E-state index >= 15 is 0 Å². The fourth-order valence-corrected chi connectivity index (χ4v) is 3.31. The van der Waals surface area contributed by atoms with Crippen molar-refractivity contribution in [3.8, 4) is 0 Å². The average Bonchev–Trinajstić information content (AvgIpc) is 3.13. The van der Waals surface area contributed by atoms with E-state index in [2.05, 4.69) is 10.3 Å². The Morgan fingerprint density at radius 3 is 2.95 bits per heavy atom. The van der Waals surface area contributed by atoms with Crippen LogP contribution in [-0.2, 0) is 22.4 Å². The second-order valence-electron chi connectivity index (χ2n) is 5.29. The number of carbonyl (C=O) groups is 1. The zero-order chi connectivity index (χ0) is 14.5. The summed E-state index contributed by atoms with van der Waals surface area (Å²) in [5, 5.41) is 5.11. The quantitative estimate of drug-likeness (QED) is 0.920. The fourth-order valence-electron chi connectivity index (χ4n) is 2.61. The average molecular weight is 302 g/mol. The van der Waals surface area contributed by atoms with Gasteiger partial charge >= 0.3 is 0 Å². The largest absolute Gasteiger partial charge is 0.379 e. The molecule has 2 aromatic rings. The normalized spacial score (nSPS) is 21.3. The summed E-state index contributed by atoms with van der Waals surface area (Å²) in [5.41, 5.74) is 1.23. The maximum Gasteiger partial charge on any atom is 0.225 e. The molecule has 0 saturated carbocycles. The molecule has 0 radical (unpaired) electrons. The maximum absolute atomic E-state index is 12.1. The summed E-state index contributed by atoms with van der Waals surface area (Å²) >= 11 is 1.61. The molecular weight excluding hydrogens is 284 g/mol. The van der Waals surface area contributed by atoms with Crippen LogP contribution >= 0.6 is 11.3 Å². The van der Waals surface area contributed by atoms with Gasteiger partial charge in [0.15, 0.2) is 0 Å². The summed E-state index contributed by atoms with van der Waals surface area (Å²) in [4.78, 5) is 17.2. The molecule has 3 rings (SSSR count). The lowest BCUT2D eigenvalue weighted by Gasteiger charge is -2.19. The molecule has 0 unspecified atom stereocenters. The topological polar surface area (TPSA) is 51.2 Å². The van der Waals surface area contributed by atoms with Gasteiger partial charge in [-0.3, -0.25) is 9.78 Å². The highest BCUT2D eigenvalue weighted by Crippen LogP contribution is 2.19. The smallest absolute Gasteiger partial charge is 0.225 e. The Morgan fingerprint density at radius 2 is 2.19 bits per heavy atom. The Bertz CT molecular complexity index is 571. The Hall–Kier alpha value is -1.72. The van der Waals surface area contributed by atoms with Crippen LogP contribution in [0.25, 0.3) is 0 Å². The number of pyridine rings is 1. The van der Waals surface area contributed by atoms with Gasteiger partial charge in [0.2, 0.25) is 5.91 Å². The molecule has 1 aliphatic rings. The van der Waals surface area contributed by atoms with Gasteiger partial charge in [-0.1, -0.05) is 6.07 Å². The Kier molecular flexibility index (Phi) is 4.62. The molecule has 3 heterocycles. The van der Waals surface area contributed by atoms with Crippen molar-refractivity contribution in [3.05, 3.63) is 52.5 Å². The molecule has 0 bridgehead atoms. The van der Waals surface area contributed by atoms with E-state index in [1.807, 2.05) is 29.6 Å². The first-order valence-electron chi connectivity index (χ1n) is 7.09. The number of nitrogens with zero attached hydrogens (tertiary/aromatic N) is 1. The minimum Gasteiger partial charge on any atom is -0.379 e. The highest BCUT2D eigenvalue weighted by molar-refractivity contribution is 7.10. The third-order valence-corrected chi connectivity index (χ3v) is 4.58. The van der Waals surface area contributed by atoms with Crippen molar-refractivity contribution < 1.29 is 9.53 Å². The number of aromatic nitrogens is 1. The number of thiophene rings is 1. The van der Waals surface area contributed by atoms with Gasteiger partial charge in [-0.05, 0) is 35.6 Å². The molecular formula is C16H18N2O2S. The van der Waals surface area contributed by atoms with Crippen LogP contribution in [0, 0.1) is 5.92 Å². The number of nitrogens with one attached hydrogen (secondary N) is 1. The van der Waals surface area contributed by atoms with Crippen LogP contribution in [0.4, 0.5) is 0 Å². The number of hydrogen-bond donors (Lipinski definition) is 1. The minimum atomic E-state index is 0.0766. The van der Waals surface area contributed by atoms with Gasteiger partial charge in [-0.15, -0.1) is 11.3 Å². The van der Waals surface area contributed by atoms with Crippen LogP contribution in [0.15, 0.2) is 42.0 Å². The number of carbonyl (C=O) groups excluding carboxylic acids is 1. The van der Waals surface area contributed by atoms with Crippen LogP contribution in [0.1, 0.15) is 10.4 Å². The van der Waals surface area contributed by atoms with Crippen LogP contribution in [-0.4, -0.2) is 30.1 Å². The van der Waals surface area contributed by atoms with E-state index in [1.54, 1.807) is 23.7 Å². The van der Waals surface area contributed by atoms with Crippen molar-refractivity contribution in [2.45, 2.75) is 18.9 Å². The molecule has 0 aliphatic carbocycles. The van der Waals surface area contributed by atoms with Crippen molar-refractivity contribution in [1.29, 1.82) is 0 Å². The van der Waals surface area contributed by atoms with E-state index in [1.165, 1.54) is 5.56 Å². The monoisotopic (exact) mass is 302 g/mol. The number of hydrogen-bond acceptors (Lipinski definition) is 4. The first kappa shape index (κ1) is 14.2. The second-order valence-corrected chi connectivity index (χ2v) is 6.32. The Morgan fingerprint density at radius 1 is 1.33 bits per heavy atom. The molecule has 0 spiro atoms. The Balaban J connectivity index is 1.55. The van der Waals surface area contributed by atoms with Gasteiger partial charge in [-0.2, -0.15) is 0 Å². The SMILES string of the molecule is O=C(Cc1cccs1)N[C@@H]1COC[C@H]1Cc1ccncc1. The molecule has 110 valence electrons. The minimum absolute atomic E-state index is 0.0766. The molecule has 5 heteroatoms. The molecule has 2 aromatic heterocycles. The fraction of sp³-hybridized carbons (Fsp3) is 0.375. The zero-order valence-electron chi connectivity index (χ0n) is 11.7. The highest BCUT2D eigenvalue weighted by atomic mass is 32.1. The lowest BCUT2D eigenvalue weighted by Crippen LogP contribution is -2.41. The molecule has 2 atom stereocenters. The molecule has 1 amide bonds. The maximum atomic E-state index is 12.1. The van der Waals surface area contributed by atoms with Gasteiger partial charge in [0.05, 0.1) is 25.7 Å². The van der Waals surface area contributed by atoms with Gasteiger partial charge < -0.3 is 10.1 Å². The predicted molar refractivity (Wildman–Crippen MR) is 82.2 cm³/mol. The summed E-state index contributed by atoms with van der Waals surface area (Å²) in [6, 6.07) is 8.10. The number of ether oxygens (including phenoxy) is 1. The molecule has 1 N–H and O–H groups in total. The van der Waals surface area contributed by atoms with Crippen LogP contribution in [0.2, 0.25) is 0 Å². The standard InChI is InChI=1S/C16H18N2O2S/c19-16(9-14-2-1-7-21-14)18-15-11-20-10-13(15)8-12-3-5-17-6-4-12/h1-7,13,15H,8-11H2,(H,18,19)/t13-,15-/m1/s1. The third kappa shape index (κ3) is 3.89. The van der Waals surface area contributed by atoms with E-state index in [4.69, 9.17) is 4.74 Å². The molecule has 1 aliphatic heterocycles. The van der Waals surface area contributed by atoms with E-state index in [-0.39, 0.29) is 11.9 Å². The summed E-state index contributed by atoms with van der Waals surface area (Å²) in [6.45, 7) is 1.30. The first-order valence-corrected chi connectivity index (χ1v) is 7.97. The van der Waals surface area contributed by atoms with Crippen LogP contribution in [0.5, 0.6) is 0 Å². The highest BCUT2D eigenvalue weighted by Gasteiger charge is 2.29. The predicted octanol–water partition coefficient (Wildman–Crippen LogP) is 2.06. The van der Waals surface area contributed by atoms with Crippen molar-refractivity contribution >= 4 is 17.2 Å². The van der Waals surface area contributed by atoms with Crippen LogP contribution < -0.4 is 5.32 Å². The van der Waals surface area contributed by atoms with Crippen molar-refractivity contribution in [2.75, 3.05) is 13.2 Å². The summed E-state index contributed by atoms with van der Waals surface area (Å²) in [6.07, 6.45) is 4.97. The van der Waals surface area contributed by atoms with E-state index in [0.717, 1.165) is 11.3 Å². The van der Waals surface area contributed by atoms with Crippen molar-refractivity contribution in [3.63, 3.8) is 0 Å². The third-order valence-electron chi connectivity index (χ3n) is 3.71. The van der Waals surface area contributed by atoms with Gasteiger partial charge in [0.25, 0.3) is 0 Å². The van der Waals surface area contributed by atoms with E-state index in [9.17, 15) is 4.79 Å². The summed E-state index contributed by atoms with van der Waals surface area (Å²) < 4.78 is 5.55. The molecule has 0 aromatic carbocycles. The van der Waals surface area contributed by atoms with Crippen LogP contribution in [0.3, 0.4) is 0 Å². The number of rotatable bonds is 5. The number of amides is 1. The molecule has 1 fully saturated rings. The summed E-state index contributed by atoms with van der Waals surface area (Å²) in [7, 11) is 0. The van der Waals surface area contributed by atoms with E-state index < -0.39 is 0 Å². The lowest BCUT2D eigenvalue weighted by atomic mass is 9.95. The first-order chi connectivity index (χ1) is 10.3. The van der Waals surface area contributed by atoms with Crippen molar-refractivity contribution in [1.82, 2.24) is 10.3 Å². The second kappa shape index (κ2) is 6.83. The zero-order valence-corrected chi connectivity index (χ0v) is 12.5. The molecule has 21 heavy (non-hydrogen) atoms.